The van der Waals surface area contributed by atoms with Crippen LogP contribution in [0.2, 0.25) is 0 Å². The molecule has 1 rings (SSSR count). The van der Waals surface area contributed by atoms with Crippen LogP contribution < -0.4 is 0 Å². The summed E-state index contributed by atoms with van der Waals surface area (Å²) in [5.74, 6) is 0. The number of unbranched alkanes of at least 4 members (excludes halogenated alkanes) is 5. The van der Waals surface area contributed by atoms with Crippen LogP contribution in [0, 0.1) is 0 Å². The van der Waals surface area contributed by atoms with E-state index in [1.165, 1.54) is 32.1 Å². The second-order valence-corrected chi connectivity index (χ2v) is 4.89. The predicted molar refractivity (Wildman–Crippen MR) is 79.5 cm³/mol. The summed E-state index contributed by atoms with van der Waals surface area (Å²) in [6.07, 6.45) is 12.2. The van der Waals surface area contributed by atoms with Gasteiger partial charge in [0.2, 0.25) is 0 Å². The molecule has 1 nitrogen and oxygen atoms in total. The molecular weight excluding hydrogens is 220 g/mol. The van der Waals surface area contributed by atoms with Crippen LogP contribution in [-0.4, -0.2) is 11.2 Å². The van der Waals surface area contributed by atoms with Gasteiger partial charge in [-0.2, -0.15) is 0 Å². The first-order valence-corrected chi connectivity index (χ1v) is 7.24. The number of benzene rings is 1. The van der Waals surface area contributed by atoms with Gasteiger partial charge in [-0.3, -0.25) is 0 Å². The topological polar surface area (TPSA) is 20.2 Å². The molecule has 1 aromatic carbocycles. The fourth-order valence-corrected chi connectivity index (χ4v) is 2.02. The summed E-state index contributed by atoms with van der Waals surface area (Å²) in [7, 11) is 0. The Balaban J connectivity index is 2.10. The Bertz CT molecular complexity index is 316. The van der Waals surface area contributed by atoms with Gasteiger partial charge in [-0.1, -0.05) is 87.9 Å². The van der Waals surface area contributed by atoms with Crippen LogP contribution in [-0.2, 0) is 0 Å². The monoisotopic (exact) mass is 246 g/mol. The molecule has 0 amide bonds. The predicted octanol–water partition coefficient (Wildman–Crippen LogP) is 4.81. The molecule has 1 N–H and O–H groups in total. The maximum Gasteiger partial charge on any atom is 0.0724 e. The molecule has 18 heavy (non-hydrogen) atoms. The maximum absolute atomic E-state index is 9.83. The molecule has 0 fully saturated rings. The van der Waals surface area contributed by atoms with E-state index >= 15 is 0 Å². The lowest BCUT2D eigenvalue weighted by molar-refractivity contribution is 0.209. The number of aliphatic hydroxyl groups excluding tert-OH is 1. The van der Waals surface area contributed by atoms with Gasteiger partial charge in [0.1, 0.15) is 0 Å². The molecule has 100 valence electrons. The summed E-state index contributed by atoms with van der Waals surface area (Å²) in [5, 5.41) is 9.83. The van der Waals surface area contributed by atoms with Crippen molar-refractivity contribution in [1.82, 2.24) is 0 Å². The van der Waals surface area contributed by atoms with E-state index in [0.717, 1.165) is 18.4 Å². The molecule has 1 heteroatoms. The molecule has 0 aliphatic heterocycles. The van der Waals surface area contributed by atoms with Gasteiger partial charge >= 0.3 is 0 Å². The van der Waals surface area contributed by atoms with Crippen molar-refractivity contribution in [3.05, 3.63) is 42.0 Å². The summed E-state index contributed by atoms with van der Waals surface area (Å²) in [6.45, 7) is 2.23. The van der Waals surface area contributed by atoms with Gasteiger partial charge in [0.15, 0.2) is 0 Å². The van der Waals surface area contributed by atoms with Crippen LogP contribution in [0.25, 0.3) is 6.08 Å². The molecule has 0 aliphatic carbocycles. The van der Waals surface area contributed by atoms with Gasteiger partial charge in [-0.15, -0.1) is 0 Å². The fraction of sp³-hybridized carbons (Fsp3) is 0.529. The molecule has 0 heterocycles. The zero-order chi connectivity index (χ0) is 13.1. The van der Waals surface area contributed by atoms with Crippen molar-refractivity contribution < 1.29 is 5.11 Å². The van der Waals surface area contributed by atoms with E-state index in [2.05, 4.69) is 6.92 Å². The zero-order valence-electron chi connectivity index (χ0n) is 11.5. The van der Waals surface area contributed by atoms with Crippen molar-refractivity contribution in [2.45, 2.75) is 58.0 Å². The SMILES string of the molecule is CCCCCCCC[C@H](O)/C=C/c1ccccc1. The van der Waals surface area contributed by atoms with Crippen molar-refractivity contribution >= 4 is 6.08 Å². The maximum atomic E-state index is 9.83. The minimum Gasteiger partial charge on any atom is -0.389 e. The standard InChI is InChI=1S/C17H26O/c1-2-3-4-5-6-10-13-17(18)15-14-16-11-8-7-9-12-16/h7-9,11-12,14-15,17-18H,2-6,10,13H2,1H3/b15-14+/t17-/m0/s1. The molecule has 1 aromatic rings. The summed E-state index contributed by atoms with van der Waals surface area (Å²) in [5.41, 5.74) is 1.15. The molecule has 0 saturated heterocycles. The molecule has 0 aromatic heterocycles. The van der Waals surface area contributed by atoms with E-state index in [4.69, 9.17) is 0 Å². The number of rotatable bonds is 9. The molecule has 1 atom stereocenters. The Kier molecular flexibility index (Phi) is 8.24. The smallest absolute Gasteiger partial charge is 0.0724 e. The Hall–Kier alpha value is -1.08. The van der Waals surface area contributed by atoms with Crippen LogP contribution in [0.5, 0.6) is 0 Å². The third-order valence-electron chi connectivity index (χ3n) is 3.16. The van der Waals surface area contributed by atoms with Crippen LogP contribution in [0.3, 0.4) is 0 Å². The van der Waals surface area contributed by atoms with E-state index in [1.54, 1.807) is 0 Å². The molecule has 0 bridgehead atoms. The number of aliphatic hydroxyl groups is 1. The van der Waals surface area contributed by atoms with Crippen molar-refractivity contribution in [1.29, 1.82) is 0 Å². The van der Waals surface area contributed by atoms with Crippen molar-refractivity contribution in [2.75, 3.05) is 0 Å². The first-order chi connectivity index (χ1) is 8.83. The largest absolute Gasteiger partial charge is 0.389 e. The van der Waals surface area contributed by atoms with E-state index in [1.807, 2.05) is 42.5 Å². The summed E-state index contributed by atoms with van der Waals surface area (Å²) < 4.78 is 0. The summed E-state index contributed by atoms with van der Waals surface area (Å²) >= 11 is 0. The normalized spacial score (nSPS) is 13.0. The van der Waals surface area contributed by atoms with E-state index in [0.29, 0.717) is 0 Å². The lowest BCUT2D eigenvalue weighted by atomic mass is 10.1. The molecule has 0 spiro atoms. The average molecular weight is 246 g/mol. The van der Waals surface area contributed by atoms with Gasteiger partial charge < -0.3 is 5.11 Å². The highest BCUT2D eigenvalue weighted by molar-refractivity contribution is 5.49. The van der Waals surface area contributed by atoms with Crippen LogP contribution in [0.15, 0.2) is 36.4 Å². The molecule has 0 radical (unpaired) electrons. The first kappa shape index (κ1) is 15.0. The van der Waals surface area contributed by atoms with E-state index in [9.17, 15) is 5.11 Å². The van der Waals surface area contributed by atoms with Crippen molar-refractivity contribution in [3.8, 4) is 0 Å². The molecule has 0 aliphatic rings. The van der Waals surface area contributed by atoms with E-state index < -0.39 is 0 Å². The van der Waals surface area contributed by atoms with Gasteiger partial charge in [0, 0.05) is 0 Å². The summed E-state index contributed by atoms with van der Waals surface area (Å²) in [6, 6.07) is 10.1. The highest BCUT2D eigenvalue weighted by Gasteiger charge is 1.98. The van der Waals surface area contributed by atoms with Crippen molar-refractivity contribution in [3.63, 3.8) is 0 Å². The highest BCUT2D eigenvalue weighted by atomic mass is 16.3. The van der Waals surface area contributed by atoms with E-state index in [-0.39, 0.29) is 6.10 Å². The van der Waals surface area contributed by atoms with Gasteiger partial charge in [-0.25, -0.2) is 0 Å². The Morgan fingerprint density at radius 2 is 1.67 bits per heavy atom. The summed E-state index contributed by atoms with van der Waals surface area (Å²) in [4.78, 5) is 0. The number of hydrogen-bond donors (Lipinski definition) is 1. The lowest BCUT2D eigenvalue weighted by Crippen LogP contribution is -2.01. The molecular formula is C17H26O. The Morgan fingerprint density at radius 3 is 2.39 bits per heavy atom. The zero-order valence-corrected chi connectivity index (χ0v) is 11.5. The quantitative estimate of drug-likeness (QED) is 0.620. The molecule has 0 saturated carbocycles. The minimum atomic E-state index is -0.295. The first-order valence-electron chi connectivity index (χ1n) is 7.24. The third-order valence-corrected chi connectivity index (χ3v) is 3.16. The average Bonchev–Trinajstić information content (AvgIpc) is 2.41. The Morgan fingerprint density at radius 1 is 1.00 bits per heavy atom. The van der Waals surface area contributed by atoms with Crippen molar-refractivity contribution in [2.24, 2.45) is 0 Å². The van der Waals surface area contributed by atoms with Crippen LogP contribution in [0.4, 0.5) is 0 Å². The van der Waals surface area contributed by atoms with Gasteiger partial charge in [-0.05, 0) is 12.0 Å². The minimum absolute atomic E-state index is 0.295. The highest BCUT2D eigenvalue weighted by Crippen LogP contribution is 2.10. The van der Waals surface area contributed by atoms with Crippen LogP contribution in [0.1, 0.15) is 57.4 Å². The second kappa shape index (κ2) is 9.90. The Labute approximate surface area is 112 Å². The van der Waals surface area contributed by atoms with Gasteiger partial charge in [0.25, 0.3) is 0 Å². The molecule has 0 unspecified atom stereocenters. The fourth-order valence-electron chi connectivity index (χ4n) is 2.02. The van der Waals surface area contributed by atoms with Crippen LogP contribution >= 0.6 is 0 Å². The second-order valence-electron chi connectivity index (χ2n) is 4.89. The lowest BCUT2D eigenvalue weighted by Gasteiger charge is -2.05. The van der Waals surface area contributed by atoms with Gasteiger partial charge in [0.05, 0.1) is 6.10 Å². The number of hydrogen-bond acceptors (Lipinski definition) is 1. The third kappa shape index (κ3) is 7.29.